The van der Waals surface area contributed by atoms with Gasteiger partial charge >= 0.3 is 17.9 Å². The van der Waals surface area contributed by atoms with Crippen LogP contribution in [0.4, 0.5) is 0 Å². The number of rotatable bonds is 4. The Bertz CT molecular complexity index is 828. The molecule has 8 atom stereocenters. The summed E-state index contributed by atoms with van der Waals surface area (Å²) in [5.41, 5.74) is 1.90. The van der Waals surface area contributed by atoms with Gasteiger partial charge in [-0.1, -0.05) is 39.0 Å². The summed E-state index contributed by atoms with van der Waals surface area (Å²) in [6, 6.07) is 0. The monoisotopic (exact) mass is 460 g/mol. The average Bonchev–Trinajstić information content (AvgIpc) is 3.10. The molecule has 33 heavy (non-hydrogen) atoms. The molecule has 2 saturated carbocycles. The number of ether oxygens (including phenoxy) is 3. The number of esters is 3. The highest BCUT2D eigenvalue weighted by atomic mass is 16.6. The topological polar surface area (TPSA) is 78.9 Å². The van der Waals surface area contributed by atoms with Crippen LogP contribution in [-0.4, -0.2) is 36.2 Å². The van der Waals surface area contributed by atoms with E-state index < -0.39 is 0 Å². The van der Waals surface area contributed by atoms with Crippen molar-refractivity contribution in [2.24, 2.45) is 29.1 Å². The van der Waals surface area contributed by atoms with Crippen molar-refractivity contribution in [2.75, 3.05) is 0 Å². The molecule has 184 valence electrons. The zero-order valence-corrected chi connectivity index (χ0v) is 21.0. The summed E-state index contributed by atoms with van der Waals surface area (Å²) < 4.78 is 17.6. The molecule has 0 aliphatic heterocycles. The van der Waals surface area contributed by atoms with Crippen molar-refractivity contribution >= 4 is 17.9 Å². The zero-order chi connectivity index (χ0) is 24.5. The molecule has 0 aromatic rings. The van der Waals surface area contributed by atoms with Crippen LogP contribution in [0, 0.1) is 29.1 Å². The second-order valence-electron chi connectivity index (χ2n) is 10.6. The Morgan fingerprint density at radius 3 is 2.39 bits per heavy atom. The number of allylic oxidation sites excluding steroid dienone is 1. The molecule has 0 N–H and O–H groups in total. The van der Waals surface area contributed by atoms with Gasteiger partial charge in [-0.3, -0.25) is 14.4 Å². The van der Waals surface area contributed by atoms with Crippen LogP contribution < -0.4 is 0 Å². The van der Waals surface area contributed by atoms with Gasteiger partial charge in [0.2, 0.25) is 0 Å². The van der Waals surface area contributed by atoms with Crippen molar-refractivity contribution in [3.63, 3.8) is 0 Å². The molecule has 3 rings (SSSR count). The molecular formula is C27H40O6. The summed E-state index contributed by atoms with van der Waals surface area (Å²) in [5.74, 6) is -0.186. The minimum atomic E-state index is -0.387. The average molecular weight is 461 g/mol. The SMILES string of the molecule is C=C1[C@H]2C[C@H](OC(C)=O)[C@@]3(C)CC[C@@H]([C@H](C)[C@@H](OC(=O)CC)C/C=C(\C)[C@H](OC(C)=O)C2)[C@@H]13. The second-order valence-corrected chi connectivity index (χ2v) is 10.6. The molecule has 2 bridgehead atoms. The number of carbonyl (C=O) groups is 3. The van der Waals surface area contributed by atoms with E-state index in [9.17, 15) is 14.4 Å². The first-order valence-electron chi connectivity index (χ1n) is 12.4. The highest BCUT2D eigenvalue weighted by Gasteiger charge is 2.58. The molecule has 6 heteroatoms. The summed E-state index contributed by atoms with van der Waals surface area (Å²) in [7, 11) is 0. The summed E-state index contributed by atoms with van der Waals surface area (Å²) in [6.07, 6.45) is 5.32. The second kappa shape index (κ2) is 10.0. The quantitative estimate of drug-likeness (QED) is 0.328. The molecular weight excluding hydrogens is 420 g/mol. The van der Waals surface area contributed by atoms with E-state index in [2.05, 4.69) is 26.5 Å². The highest BCUT2D eigenvalue weighted by Crippen LogP contribution is 2.61. The fraction of sp³-hybridized carbons (Fsp3) is 0.741. The number of hydrogen-bond donors (Lipinski definition) is 0. The largest absolute Gasteiger partial charge is 0.462 e. The summed E-state index contributed by atoms with van der Waals surface area (Å²) in [6.45, 7) is 15.6. The molecule has 0 amide bonds. The van der Waals surface area contributed by atoms with Crippen molar-refractivity contribution in [3.05, 3.63) is 23.8 Å². The van der Waals surface area contributed by atoms with Gasteiger partial charge in [0, 0.05) is 32.1 Å². The molecule has 0 saturated heterocycles. The third kappa shape index (κ3) is 5.20. The van der Waals surface area contributed by atoms with E-state index in [0.29, 0.717) is 25.7 Å². The Hall–Kier alpha value is -2.11. The maximum atomic E-state index is 12.3. The van der Waals surface area contributed by atoms with Gasteiger partial charge in [0.25, 0.3) is 0 Å². The molecule has 0 heterocycles. The van der Waals surface area contributed by atoms with Crippen LogP contribution in [-0.2, 0) is 28.6 Å². The van der Waals surface area contributed by atoms with Crippen LogP contribution in [0.5, 0.6) is 0 Å². The van der Waals surface area contributed by atoms with E-state index in [1.165, 1.54) is 13.8 Å². The molecule has 2 fully saturated rings. The minimum Gasteiger partial charge on any atom is -0.462 e. The Labute approximate surface area is 198 Å². The lowest BCUT2D eigenvalue weighted by atomic mass is 9.58. The lowest BCUT2D eigenvalue weighted by Crippen LogP contribution is -2.49. The van der Waals surface area contributed by atoms with Crippen LogP contribution in [0.15, 0.2) is 23.8 Å². The highest BCUT2D eigenvalue weighted by molar-refractivity contribution is 5.69. The minimum absolute atomic E-state index is 0.0719. The van der Waals surface area contributed by atoms with Crippen LogP contribution in [0.3, 0.4) is 0 Å². The van der Waals surface area contributed by atoms with Crippen molar-refractivity contribution in [1.82, 2.24) is 0 Å². The van der Waals surface area contributed by atoms with Crippen molar-refractivity contribution in [3.8, 4) is 0 Å². The summed E-state index contributed by atoms with van der Waals surface area (Å²) in [4.78, 5) is 36.2. The maximum Gasteiger partial charge on any atom is 0.305 e. The number of fused-ring (bicyclic) bond motifs is 1. The Morgan fingerprint density at radius 2 is 1.79 bits per heavy atom. The fourth-order valence-corrected chi connectivity index (χ4v) is 6.60. The fourth-order valence-electron chi connectivity index (χ4n) is 6.60. The Balaban J connectivity index is 2.07. The standard InChI is InChI=1S/C27H40O6/c1-8-25(30)33-22-10-9-15(2)23(31-18(5)28)13-20-14-24(32-19(6)29)27(7)12-11-21(17(22)4)26(27)16(20)3/h9,17,20-24,26H,3,8,10-14H2,1-2,4-7H3/b15-9+/t17-,20+,21-,22-,23+,24-,26+,27+/m0/s1. The molecule has 0 aromatic carbocycles. The maximum absolute atomic E-state index is 12.3. The molecule has 0 radical (unpaired) electrons. The van der Waals surface area contributed by atoms with E-state index in [1.807, 2.05) is 6.92 Å². The predicted molar refractivity (Wildman–Crippen MR) is 125 cm³/mol. The molecule has 3 aliphatic carbocycles. The number of hydrogen-bond acceptors (Lipinski definition) is 6. The first kappa shape index (κ1) is 25.5. The third-order valence-electron chi connectivity index (χ3n) is 8.44. The van der Waals surface area contributed by atoms with Crippen LogP contribution in [0.2, 0.25) is 0 Å². The molecule has 3 aliphatic rings. The smallest absolute Gasteiger partial charge is 0.305 e. The van der Waals surface area contributed by atoms with Crippen LogP contribution >= 0.6 is 0 Å². The zero-order valence-electron chi connectivity index (χ0n) is 21.0. The van der Waals surface area contributed by atoms with E-state index in [1.54, 1.807) is 6.92 Å². The van der Waals surface area contributed by atoms with E-state index >= 15 is 0 Å². The van der Waals surface area contributed by atoms with E-state index in [0.717, 1.165) is 24.0 Å². The lowest BCUT2D eigenvalue weighted by molar-refractivity contribution is -0.161. The Morgan fingerprint density at radius 1 is 1.12 bits per heavy atom. The molecule has 0 spiro atoms. The summed E-state index contributed by atoms with van der Waals surface area (Å²) in [5, 5.41) is 0. The van der Waals surface area contributed by atoms with E-state index in [4.69, 9.17) is 14.2 Å². The van der Waals surface area contributed by atoms with Gasteiger partial charge in [0.05, 0.1) is 0 Å². The van der Waals surface area contributed by atoms with Crippen molar-refractivity contribution in [2.45, 2.75) is 98.4 Å². The number of carbonyl (C=O) groups excluding carboxylic acids is 3. The van der Waals surface area contributed by atoms with Gasteiger partial charge in [-0.25, -0.2) is 0 Å². The molecule has 0 aromatic heterocycles. The van der Waals surface area contributed by atoms with Crippen molar-refractivity contribution < 1.29 is 28.6 Å². The molecule has 6 nitrogen and oxygen atoms in total. The van der Waals surface area contributed by atoms with Gasteiger partial charge in [-0.05, 0) is 61.9 Å². The normalized spacial score (nSPS) is 40.1. The van der Waals surface area contributed by atoms with Gasteiger partial charge in [-0.15, -0.1) is 0 Å². The van der Waals surface area contributed by atoms with Crippen LogP contribution in [0.25, 0.3) is 0 Å². The lowest BCUT2D eigenvalue weighted by Gasteiger charge is -2.50. The first-order valence-corrected chi connectivity index (χ1v) is 12.4. The predicted octanol–water partition coefficient (Wildman–Crippen LogP) is 5.16. The van der Waals surface area contributed by atoms with Gasteiger partial charge in [-0.2, -0.15) is 0 Å². The van der Waals surface area contributed by atoms with Crippen LogP contribution in [0.1, 0.15) is 80.1 Å². The van der Waals surface area contributed by atoms with Crippen molar-refractivity contribution in [1.29, 1.82) is 0 Å². The molecule has 0 unspecified atom stereocenters. The Kier molecular flexibility index (Phi) is 7.75. The summed E-state index contributed by atoms with van der Waals surface area (Å²) >= 11 is 0. The first-order chi connectivity index (χ1) is 15.5. The van der Waals surface area contributed by atoms with Gasteiger partial charge < -0.3 is 14.2 Å². The third-order valence-corrected chi connectivity index (χ3v) is 8.44. The van der Waals surface area contributed by atoms with Gasteiger partial charge in [0.15, 0.2) is 0 Å². The van der Waals surface area contributed by atoms with Gasteiger partial charge in [0.1, 0.15) is 18.3 Å². The van der Waals surface area contributed by atoms with E-state index in [-0.39, 0.29) is 65.3 Å².